The van der Waals surface area contributed by atoms with Gasteiger partial charge in [-0.3, -0.25) is 4.79 Å². The van der Waals surface area contributed by atoms with Crippen molar-refractivity contribution >= 4 is 11.6 Å². The molecule has 1 spiro atoms. The minimum atomic E-state index is -1.04. The molecule has 0 saturated heterocycles. The molecule has 6 rings (SSSR count). The van der Waals surface area contributed by atoms with Crippen molar-refractivity contribution in [2.24, 2.45) is 0 Å². The van der Waals surface area contributed by atoms with E-state index in [0.717, 1.165) is 16.8 Å². The molecule has 0 saturated carbocycles. The molecule has 1 aromatic heterocycles. The van der Waals surface area contributed by atoms with E-state index in [9.17, 15) is 4.79 Å². The van der Waals surface area contributed by atoms with Crippen molar-refractivity contribution in [3.05, 3.63) is 59.8 Å². The zero-order chi connectivity index (χ0) is 21.9. The predicted molar refractivity (Wildman–Crippen MR) is 114 cm³/mol. The number of pyridine rings is 1. The van der Waals surface area contributed by atoms with Crippen LogP contribution in [0.15, 0.2) is 48.7 Å². The molecule has 0 aliphatic carbocycles. The number of rotatable bonds is 3. The van der Waals surface area contributed by atoms with Crippen LogP contribution < -0.4 is 28.6 Å². The van der Waals surface area contributed by atoms with Crippen molar-refractivity contribution in [2.75, 3.05) is 38.9 Å². The molecule has 2 aromatic carbocycles. The van der Waals surface area contributed by atoms with Crippen molar-refractivity contribution in [1.29, 1.82) is 0 Å². The number of carbonyl (C=O) groups is 1. The van der Waals surface area contributed by atoms with E-state index in [0.29, 0.717) is 47.8 Å². The number of aromatic nitrogens is 1. The standard InChI is InChI=1S/C24H20N2O6/c1-26-16-4-3-5-17(32-14-6-7-21(28-2)25-12-14)22(16)24(23(26)27)13-31-18-11-20-19(10-15(18)24)29-8-9-30-20/h3-7,10-12H,8-9,13H2,1-2H3. The molecule has 32 heavy (non-hydrogen) atoms. The number of fused-ring (bicyclic) bond motifs is 5. The van der Waals surface area contributed by atoms with Gasteiger partial charge in [-0.2, -0.15) is 0 Å². The summed E-state index contributed by atoms with van der Waals surface area (Å²) >= 11 is 0. The summed E-state index contributed by atoms with van der Waals surface area (Å²) in [5.74, 6) is 3.38. The van der Waals surface area contributed by atoms with Gasteiger partial charge < -0.3 is 28.6 Å². The average molecular weight is 432 g/mol. The highest BCUT2D eigenvalue weighted by Gasteiger charge is 2.58. The van der Waals surface area contributed by atoms with Crippen LogP contribution in [0.25, 0.3) is 0 Å². The van der Waals surface area contributed by atoms with Gasteiger partial charge in [-0.15, -0.1) is 0 Å². The second-order valence-corrected chi connectivity index (χ2v) is 7.84. The maximum Gasteiger partial charge on any atom is 0.245 e. The number of hydrogen-bond donors (Lipinski definition) is 0. The van der Waals surface area contributed by atoms with Gasteiger partial charge in [-0.25, -0.2) is 4.98 Å². The third kappa shape index (κ3) is 2.49. The summed E-state index contributed by atoms with van der Waals surface area (Å²) in [6, 6.07) is 12.8. The second-order valence-electron chi connectivity index (χ2n) is 7.84. The normalized spacial score (nSPS) is 20.1. The Morgan fingerprint density at radius 1 is 1.03 bits per heavy atom. The number of anilines is 1. The van der Waals surface area contributed by atoms with Gasteiger partial charge in [-0.1, -0.05) is 6.07 Å². The predicted octanol–water partition coefficient (Wildman–Crippen LogP) is 3.31. The summed E-state index contributed by atoms with van der Waals surface area (Å²) in [4.78, 5) is 19.6. The molecule has 3 aliphatic rings. The van der Waals surface area contributed by atoms with E-state index in [4.69, 9.17) is 23.7 Å². The second kappa shape index (κ2) is 6.78. The van der Waals surface area contributed by atoms with Gasteiger partial charge in [0.05, 0.1) is 19.0 Å². The molecule has 1 atom stereocenters. The highest BCUT2D eigenvalue weighted by molar-refractivity contribution is 6.12. The highest BCUT2D eigenvalue weighted by atomic mass is 16.6. The van der Waals surface area contributed by atoms with Gasteiger partial charge in [0.1, 0.15) is 42.5 Å². The summed E-state index contributed by atoms with van der Waals surface area (Å²) in [6.07, 6.45) is 1.59. The van der Waals surface area contributed by atoms with Crippen molar-refractivity contribution in [3.8, 4) is 34.6 Å². The van der Waals surface area contributed by atoms with Crippen LogP contribution in [-0.2, 0) is 10.2 Å². The van der Waals surface area contributed by atoms with Gasteiger partial charge >= 0.3 is 0 Å². The number of amides is 1. The Labute approximate surface area is 184 Å². The molecule has 8 nitrogen and oxygen atoms in total. The smallest absolute Gasteiger partial charge is 0.245 e. The summed E-state index contributed by atoms with van der Waals surface area (Å²) in [5, 5.41) is 0. The first-order chi connectivity index (χ1) is 15.6. The van der Waals surface area contributed by atoms with E-state index in [1.165, 1.54) is 0 Å². The fourth-order valence-electron chi connectivity index (χ4n) is 4.66. The van der Waals surface area contributed by atoms with E-state index < -0.39 is 5.41 Å². The fourth-order valence-corrected chi connectivity index (χ4v) is 4.66. The van der Waals surface area contributed by atoms with Gasteiger partial charge in [-0.05, 0) is 24.3 Å². The van der Waals surface area contributed by atoms with Gasteiger partial charge in [0.2, 0.25) is 11.8 Å². The van der Waals surface area contributed by atoms with Crippen LogP contribution in [0.2, 0.25) is 0 Å². The quantitative estimate of drug-likeness (QED) is 0.628. The number of likely N-dealkylation sites (N-methyl/N-ethyl adjacent to an activating group) is 1. The first-order valence-electron chi connectivity index (χ1n) is 10.3. The topological polar surface area (TPSA) is 79.4 Å². The van der Waals surface area contributed by atoms with Crippen LogP contribution in [-0.4, -0.2) is 44.9 Å². The summed E-state index contributed by atoms with van der Waals surface area (Å²) in [5.41, 5.74) is 1.26. The first kappa shape index (κ1) is 18.8. The molecule has 3 aromatic rings. The lowest BCUT2D eigenvalue weighted by molar-refractivity contribution is -0.121. The van der Waals surface area contributed by atoms with E-state index in [1.54, 1.807) is 43.5 Å². The minimum absolute atomic E-state index is 0.0770. The SMILES string of the molecule is COc1ccc(Oc2cccc3c2C2(COc4cc5c(cc42)OCCO5)C(=O)N3C)cn1. The lowest BCUT2D eigenvalue weighted by atomic mass is 9.76. The first-order valence-corrected chi connectivity index (χ1v) is 10.3. The number of carbonyl (C=O) groups excluding carboxylic acids is 1. The van der Waals surface area contributed by atoms with Crippen LogP contribution in [0.5, 0.6) is 34.6 Å². The fraction of sp³-hybridized carbons (Fsp3) is 0.250. The number of ether oxygens (including phenoxy) is 5. The largest absolute Gasteiger partial charge is 0.491 e. The molecule has 3 aliphatic heterocycles. The number of nitrogens with zero attached hydrogens (tertiary/aromatic N) is 2. The van der Waals surface area contributed by atoms with Crippen molar-refractivity contribution < 1.29 is 28.5 Å². The molecule has 0 bridgehead atoms. The summed E-state index contributed by atoms with van der Waals surface area (Å²) in [6.45, 7) is 1.11. The lowest BCUT2D eigenvalue weighted by Crippen LogP contribution is -2.41. The third-order valence-corrected chi connectivity index (χ3v) is 6.16. The third-order valence-electron chi connectivity index (χ3n) is 6.16. The Bertz CT molecular complexity index is 1240. The molecule has 4 heterocycles. The van der Waals surface area contributed by atoms with E-state index in [-0.39, 0.29) is 12.5 Å². The zero-order valence-electron chi connectivity index (χ0n) is 17.6. The Morgan fingerprint density at radius 3 is 2.59 bits per heavy atom. The Balaban J connectivity index is 1.51. The molecule has 0 N–H and O–H groups in total. The van der Waals surface area contributed by atoms with Gasteiger partial charge in [0, 0.05) is 30.3 Å². The average Bonchev–Trinajstić information content (AvgIpc) is 3.30. The van der Waals surface area contributed by atoms with Crippen molar-refractivity contribution in [2.45, 2.75) is 5.41 Å². The number of benzene rings is 2. The monoisotopic (exact) mass is 432 g/mol. The van der Waals surface area contributed by atoms with E-state index in [1.807, 2.05) is 24.3 Å². The van der Waals surface area contributed by atoms with Crippen LogP contribution in [0.1, 0.15) is 11.1 Å². The Morgan fingerprint density at radius 2 is 1.84 bits per heavy atom. The Kier molecular flexibility index (Phi) is 3.98. The van der Waals surface area contributed by atoms with Crippen LogP contribution in [0.3, 0.4) is 0 Å². The molecule has 0 radical (unpaired) electrons. The van der Waals surface area contributed by atoms with Gasteiger partial charge in [0.15, 0.2) is 11.5 Å². The maximum absolute atomic E-state index is 13.7. The highest BCUT2D eigenvalue weighted by Crippen LogP contribution is 2.57. The van der Waals surface area contributed by atoms with Crippen molar-refractivity contribution in [3.63, 3.8) is 0 Å². The van der Waals surface area contributed by atoms with Crippen LogP contribution >= 0.6 is 0 Å². The Hall–Kier alpha value is -3.94. The molecular weight excluding hydrogens is 412 g/mol. The molecular formula is C24H20N2O6. The van der Waals surface area contributed by atoms with Crippen molar-refractivity contribution in [1.82, 2.24) is 4.98 Å². The molecule has 1 unspecified atom stereocenters. The van der Waals surface area contributed by atoms with E-state index >= 15 is 0 Å². The molecule has 1 amide bonds. The molecule has 8 heteroatoms. The molecule has 162 valence electrons. The molecule has 0 fully saturated rings. The zero-order valence-corrected chi connectivity index (χ0v) is 17.6. The summed E-state index contributed by atoms with van der Waals surface area (Å²) < 4.78 is 28.9. The van der Waals surface area contributed by atoms with Crippen LogP contribution in [0.4, 0.5) is 5.69 Å². The minimum Gasteiger partial charge on any atom is -0.491 e. The van der Waals surface area contributed by atoms with E-state index in [2.05, 4.69) is 4.98 Å². The number of hydrogen-bond acceptors (Lipinski definition) is 7. The van der Waals surface area contributed by atoms with Crippen LogP contribution in [0, 0.1) is 0 Å². The maximum atomic E-state index is 13.7. The summed E-state index contributed by atoms with van der Waals surface area (Å²) in [7, 11) is 3.33. The lowest BCUT2D eigenvalue weighted by Gasteiger charge is -2.25. The number of methoxy groups -OCH3 is 1. The van der Waals surface area contributed by atoms with Gasteiger partial charge in [0.25, 0.3) is 0 Å².